The first-order chi connectivity index (χ1) is 9.24. The zero-order valence-electron chi connectivity index (χ0n) is 10.9. The number of para-hydroxylation sites is 1. The predicted octanol–water partition coefficient (Wildman–Crippen LogP) is 3.80. The van der Waals surface area contributed by atoms with Crippen LogP contribution in [0.2, 0.25) is 0 Å². The maximum Gasteiger partial charge on any atom is 0.199 e. The van der Waals surface area contributed by atoms with Crippen LogP contribution in [0.1, 0.15) is 12.5 Å². The molecular weight excluding hydrogens is 245 g/mol. The van der Waals surface area contributed by atoms with Crippen LogP contribution in [0, 0.1) is 5.82 Å². The van der Waals surface area contributed by atoms with Crippen molar-refractivity contribution in [3.05, 3.63) is 53.8 Å². The van der Waals surface area contributed by atoms with Crippen LogP contribution in [0.3, 0.4) is 0 Å². The van der Waals surface area contributed by atoms with E-state index in [9.17, 15) is 4.39 Å². The van der Waals surface area contributed by atoms with Crippen LogP contribution >= 0.6 is 0 Å². The Labute approximate surface area is 111 Å². The molecule has 0 aliphatic heterocycles. The van der Waals surface area contributed by atoms with Crippen molar-refractivity contribution in [2.75, 3.05) is 12.6 Å². The van der Waals surface area contributed by atoms with E-state index in [1.54, 1.807) is 6.07 Å². The van der Waals surface area contributed by atoms with Gasteiger partial charge in [-0.3, -0.25) is 0 Å². The van der Waals surface area contributed by atoms with Crippen LogP contribution in [0.15, 0.2) is 42.5 Å². The van der Waals surface area contributed by atoms with E-state index in [4.69, 9.17) is 9.57 Å². The summed E-state index contributed by atoms with van der Waals surface area (Å²) < 4.78 is 18.9. The van der Waals surface area contributed by atoms with Gasteiger partial charge in [0.15, 0.2) is 11.5 Å². The summed E-state index contributed by atoms with van der Waals surface area (Å²) in [7, 11) is 1.53. The summed E-state index contributed by atoms with van der Waals surface area (Å²) in [5.41, 5.74) is 4.14. The summed E-state index contributed by atoms with van der Waals surface area (Å²) in [4.78, 5) is 5.38. The number of nitrogens with one attached hydrogen (secondary N) is 1. The number of rotatable bonds is 5. The maximum absolute atomic E-state index is 13.7. The van der Waals surface area contributed by atoms with Crippen molar-refractivity contribution < 1.29 is 14.0 Å². The number of benzene rings is 2. The molecule has 2 aromatic rings. The Balaban J connectivity index is 2.18. The van der Waals surface area contributed by atoms with Gasteiger partial charge in [-0.15, -0.1) is 0 Å². The Morgan fingerprint density at radius 1 is 1.11 bits per heavy atom. The molecule has 0 spiro atoms. The van der Waals surface area contributed by atoms with Crippen molar-refractivity contribution in [1.29, 1.82) is 0 Å². The van der Waals surface area contributed by atoms with Gasteiger partial charge in [-0.05, 0) is 30.2 Å². The Kier molecular flexibility index (Phi) is 4.23. The number of hydrogen-bond donors (Lipinski definition) is 1. The van der Waals surface area contributed by atoms with E-state index in [1.807, 2.05) is 37.3 Å². The van der Waals surface area contributed by atoms with Gasteiger partial charge in [0.1, 0.15) is 5.82 Å². The smallest absolute Gasteiger partial charge is 0.199 e. The third-order valence-corrected chi connectivity index (χ3v) is 2.77. The highest BCUT2D eigenvalue weighted by atomic mass is 19.1. The van der Waals surface area contributed by atoms with Crippen LogP contribution in [0.5, 0.6) is 11.5 Å². The summed E-state index contributed by atoms with van der Waals surface area (Å²) >= 11 is 0. The minimum absolute atomic E-state index is 0.298. The van der Waals surface area contributed by atoms with Crippen molar-refractivity contribution >= 4 is 5.69 Å². The summed E-state index contributed by atoms with van der Waals surface area (Å²) in [6.45, 7) is 1.89. The van der Waals surface area contributed by atoms with Crippen LogP contribution in [0.4, 0.5) is 10.1 Å². The lowest BCUT2D eigenvalue weighted by atomic mass is 10.1. The average molecular weight is 261 g/mol. The molecule has 4 heteroatoms. The zero-order chi connectivity index (χ0) is 13.7. The first-order valence-electron chi connectivity index (χ1n) is 6.09. The molecule has 2 aromatic carbocycles. The minimum Gasteiger partial charge on any atom is -0.493 e. The fraction of sp³-hybridized carbons (Fsp3) is 0.200. The molecule has 100 valence electrons. The molecule has 0 saturated carbocycles. The molecule has 0 fully saturated rings. The molecule has 0 amide bonds. The van der Waals surface area contributed by atoms with Gasteiger partial charge in [0.2, 0.25) is 0 Å². The van der Waals surface area contributed by atoms with Gasteiger partial charge in [-0.25, -0.2) is 9.87 Å². The van der Waals surface area contributed by atoms with Crippen LogP contribution < -0.4 is 15.1 Å². The number of ether oxygens (including phenoxy) is 1. The fourth-order valence-corrected chi connectivity index (χ4v) is 1.71. The average Bonchev–Trinajstić information content (AvgIpc) is 2.46. The number of halogens is 1. The Morgan fingerprint density at radius 2 is 1.84 bits per heavy atom. The molecule has 1 N–H and O–H groups in total. The molecule has 0 aliphatic carbocycles. The van der Waals surface area contributed by atoms with Crippen LogP contribution in [-0.4, -0.2) is 7.11 Å². The van der Waals surface area contributed by atoms with E-state index in [1.165, 1.54) is 13.2 Å². The molecule has 0 aromatic heterocycles. The number of methoxy groups -OCH3 is 1. The summed E-state index contributed by atoms with van der Waals surface area (Å²) in [6.07, 6.45) is 0.606. The summed E-state index contributed by atoms with van der Waals surface area (Å²) in [6, 6.07) is 12.3. The quantitative estimate of drug-likeness (QED) is 0.830. The Hall–Kier alpha value is -2.23. The lowest BCUT2D eigenvalue weighted by molar-refractivity contribution is 0.347. The predicted molar refractivity (Wildman–Crippen MR) is 73.0 cm³/mol. The van der Waals surface area contributed by atoms with Crippen molar-refractivity contribution in [3.63, 3.8) is 0 Å². The molecule has 0 atom stereocenters. The number of hydrogen-bond acceptors (Lipinski definition) is 3. The minimum atomic E-state index is -0.298. The maximum atomic E-state index is 13.7. The molecule has 19 heavy (non-hydrogen) atoms. The SMILES string of the molecule is CCc1cc(OC)c(ONc2ccccc2)cc1F. The van der Waals surface area contributed by atoms with E-state index < -0.39 is 0 Å². The van der Waals surface area contributed by atoms with Gasteiger partial charge in [0.25, 0.3) is 0 Å². The number of anilines is 1. The van der Waals surface area contributed by atoms with E-state index in [0.29, 0.717) is 23.5 Å². The highest BCUT2D eigenvalue weighted by molar-refractivity contribution is 5.46. The third-order valence-electron chi connectivity index (χ3n) is 2.77. The highest BCUT2D eigenvalue weighted by Crippen LogP contribution is 2.30. The Morgan fingerprint density at radius 3 is 2.47 bits per heavy atom. The van der Waals surface area contributed by atoms with Gasteiger partial charge in [0.05, 0.1) is 12.8 Å². The van der Waals surface area contributed by atoms with Crippen molar-refractivity contribution in [3.8, 4) is 11.5 Å². The van der Waals surface area contributed by atoms with Crippen molar-refractivity contribution in [2.24, 2.45) is 0 Å². The second-order valence-corrected chi connectivity index (χ2v) is 4.02. The lowest BCUT2D eigenvalue weighted by Crippen LogP contribution is -2.06. The molecular formula is C15H16FNO2. The van der Waals surface area contributed by atoms with Gasteiger partial charge in [-0.1, -0.05) is 25.1 Å². The first kappa shape index (κ1) is 13.2. The molecule has 0 radical (unpaired) electrons. The molecule has 0 aliphatic rings. The van der Waals surface area contributed by atoms with Gasteiger partial charge in [0, 0.05) is 6.07 Å². The monoisotopic (exact) mass is 261 g/mol. The Bertz CT molecular complexity index is 543. The second kappa shape index (κ2) is 6.09. The van der Waals surface area contributed by atoms with Crippen LogP contribution in [0.25, 0.3) is 0 Å². The molecule has 0 unspecified atom stereocenters. The molecule has 0 heterocycles. The second-order valence-electron chi connectivity index (χ2n) is 4.02. The summed E-state index contributed by atoms with van der Waals surface area (Å²) in [5, 5.41) is 0. The van der Waals surface area contributed by atoms with Crippen molar-refractivity contribution in [2.45, 2.75) is 13.3 Å². The van der Waals surface area contributed by atoms with Gasteiger partial charge >= 0.3 is 0 Å². The molecule has 0 bridgehead atoms. The summed E-state index contributed by atoms with van der Waals surface area (Å²) in [5.74, 6) is 0.524. The highest BCUT2D eigenvalue weighted by Gasteiger charge is 2.11. The molecule has 0 saturated heterocycles. The normalized spacial score (nSPS) is 10.1. The third kappa shape index (κ3) is 3.16. The zero-order valence-corrected chi connectivity index (χ0v) is 10.9. The largest absolute Gasteiger partial charge is 0.493 e. The standard InChI is InChI=1S/C15H16FNO2/c1-3-11-9-14(18-2)15(10-13(11)16)19-17-12-7-5-4-6-8-12/h4-10,17H,3H2,1-2H3. The topological polar surface area (TPSA) is 30.5 Å². The van der Waals surface area contributed by atoms with Gasteiger partial charge in [-0.2, -0.15) is 0 Å². The number of aryl methyl sites for hydroxylation is 1. The van der Waals surface area contributed by atoms with E-state index in [0.717, 1.165) is 5.69 Å². The van der Waals surface area contributed by atoms with E-state index in [-0.39, 0.29) is 5.82 Å². The fourth-order valence-electron chi connectivity index (χ4n) is 1.71. The van der Waals surface area contributed by atoms with E-state index in [2.05, 4.69) is 5.48 Å². The molecule has 2 rings (SSSR count). The van der Waals surface area contributed by atoms with Crippen LogP contribution in [-0.2, 0) is 6.42 Å². The first-order valence-corrected chi connectivity index (χ1v) is 6.09. The van der Waals surface area contributed by atoms with Crippen molar-refractivity contribution in [1.82, 2.24) is 0 Å². The molecule has 3 nitrogen and oxygen atoms in total. The van der Waals surface area contributed by atoms with E-state index >= 15 is 0 Å². The lowest BCUT2D eigenvalue weighted by Gasteiger charge is -2.13. The van der Waals surface area contributed by atoms with Gasteiger partial charge < -0.3 is 9.57 Å².